The maximum absolute atomic E-state index is 6.53. The topological polar surface area (TPSA) is 50.3 Å². The first kappa shape index (κ1) is 14.5. The summed E-state index contributed by atoms with van der Waals surface area (Å²) in [6, 6.07) is 0.666. The maximum atomic E-state index is 6.53. The van der Waals surface area contributed by atoms with Crippen LogP contribution in [-0.4, -0.2) is 64.4 Å². The van der Waals surface area contributed by atoms with Crippen LogP contribution in [0.1, 0.15) is 18.3 Å². The molecular weight excluding hydrogens is 318 g/mol. The van der Waals surface area contributed by atoms with Gasteiger partial charge in [0.2, 0.25) is 0 Å². The molecule has 6 heteroatoms. The van der Waals surface area contributed by atoms with Gasteiger partial charge in [-0.1, -0.05) is 6.92 Å². The van der Waals surface area contributed by atoms with E-state index in [-0.39, 0.29) is 6.04 Å². The highest BCUT2D eigenvalue weighted by atomic mass is 79.9. The van der Waals surface area contributed by atoms with E-state index in [9.17, 15) is 0 Å². The van der Waals surface area contributed by atoms with Gasteiger partial charge in [0, 0.05) is 58.3 Å². The predicted molar refractivity (Wildman–Crippen MR) is 83.8 cm³/mol. The Morgan fingerprint density at radius 3 is 2.55 bits per heavy atom. The van der Waals surface area contributed by atoms with Crippen LogP contribution in [0.5, 0.6) is 0 Å². The van der Waals surface area contributed by atoms with Gasteiger partial charge >= 0.3 is 0 Å². The van der Waals surface area contributed by atoms with Crippen molar-refractivity contribution in [3.8, 4) is 0 Å². The van der Waals surface area contributed by atoms with Crippen molar-refractivity contribution in [2.45, 2.75) is 31.8 Å². The minimum atomic E-state index is 0.175. The average Bonchev–Trinajstić information content (AvgIpc) is 2.75. The van der Waals surface area contributed by atoms with Crippen LogP contribution >= 0.6 is 15.9 Å². The normalized spacial score (nSPS) is 30.7. The lowest BCUT2D eigenvalue weighted by Crippen LogP contribution is -2.66. The molecule has 0 aliphatic carbocycles. The SMILES string of the molecule is CCc1nn(C)c(CC(N)C2CN3CCN2CC3)c1Br. The summed E-state index contributed by atoms with van der Waals surface area (Å²) in [7, 11) is 2.02. The van der Waals surface area contributed by atoms with Crippen LogP contribution in [0.2, 0.25) is 0 Å². The summed E-state index contributed by atoms with van der Waals surface area (Å²) >= 11 is 3.69. The summed E-state index contributed by atoms with van der Waals surface area (Å²) in [5.41, 5.74) is 8.88. The molecule has 1 aromatic rings. The number of nitrogens with two attached hydrogens (primary N) is 1. The van der Waals surface area contributed by atoms with E-state index >= 15 is 0 Å². The number of aromatic nitrogens is 2. The zero-order chi connectivity index (χ0) is 14.3. The van der Waals surface area contributed by atoms with Crippen LogP contribution in [0.25, 0.3) is 0 Å². The number of nitrogens with zero attached hydrogens (tertiary/aromatic N) is 4. The Balaban J connectivity index is 1.73. The minimum Gasteiger partial charge on any atom is -0.326 e. The number of hydrogen-bond acceptors (Lipinski definition) is 4. The summed E-state index contributed by atoms with van der Waals surface area (Å²) in [5, 5.41) is 4.57. The molecule has 0 aromatic carbocycles. The second kappa shape index (κ2) is 5.75. The van der Waals surface area contributed by atoms with E-state index in [4.69, 9.17) is 5.73 Å². The van der Waals surface area contributed by atoms with Crippen LogP contribution in [0.15, 0.2) is 4.47 Å². The fourth-order valence-electron chi connectivity index (χ4n) is 3.46. The van der Waals surface area contributed by atoms with Gasteiger partial charge in [-0.25, -0.2) is 0 Å². The van der Waals surface area contributed by atoms with Gasteiger partial charge in [-0.15, -0.1) is 0 Å². The maximum Gasteiger partial charge on any atom is 0.0766 e. The molecule has 4 rings (SSSR count). The fraction of sp³-hybridized carbons (Fsp3) is 0.786. The third kappa shape index (κ3) is 2.54. The molecule has 0 radical (unpaired) electrons. The van der Waals surface area contributed by atoms with Crippen LogP contribution in [-0.2, 0) is 19.9 Å². The smallest absolute Gasteiger partial charge is 0.0766 e. The molecular formula is C14H24BrN5. The number of halogens is 1. The molecule has 112 valence electrons. The van der Waals surface area contributed by atoms with E-state index < -0.39 is 0 Å². The molecule has 4 heterocycles. The van der Waals surface area contributed by atoms with Crippen molar-refractivity contribution in [1.29, 1.82) is 0 Å². The third-order valence-corrected chi connectivity index (χ3v) is 5.66. The second-order valence-electron chi connectivity index (χ2n) is 5.96. The van der Waals surface area contributed by atoms with E-state index in [0.717, 1.165) is 29.6 Å². The Morgan fingerprint density at radius 2 is 2.05 bits per heavy atom. The Bertz CT molecular complexity index is 478. The summed E-state index contributed by atoms with van der Waals surface area (Å²) in [6.07, 6.45) is 1.84. The standard InChI is InChI=1S/C14H24BrN5/c1-3-11-14(15)12(18(2)17-11)8-10(16)13-9-19-4-6-20(13)7-5-19/h10,13H,3-9,16H2,1-2H3. The zero-order valence-corrected chi connectivity index (χ0v) is 13.9. The highest BCUT2D eigenvalue weighted by Gasteiger charge is 2.35. The summed E-state index contributed by atoms with van der Waals surface area (Å²) in [6.45, 7) is 8.01. The highest BCUT2D eigenvalue weighted by molar-refractivity contribution is 9.10. The number of aryl methyl sites for hydroxylation is 2. The largest absolute Gasteiger partial charge is 0.326 e. The number of rotatable bonds is 4. The molecule has 0 saturated carbocycles. The molecule has 2 N–H and O–H groups in total. The van der Waals surface area contributed by atoms with Gasteiger partial charge in [0.1, 0.15) is 0 Å². The molecule has 2 atom stereocenters. The number of fused-ring (bicyclic) bond motifs is 3. The van der Waals surface area contributed by atoms with E-state index in [2.05, 4.69) is 37.8 Å². The Morgan fingerprint density at radius 1 is 1.35 bits per heavy atom. The first-order valence-corrected chi connectivity index (χ1v) is 8.31. The molecule has 3 aliphatic heterocycles. The molecule has 0 amide bonds. The molecule has 3 aliphatic rings. The van der Waals surface area contributed by atoms with Crippen molar-refractivity contribution in [3.05, 3.63) is 15.9 Å². The molecule has 20 heavy (non-hydrogen) atoms. The molecule has 0 spiro atoms. The Hall–Kier alpha value is -0.430. The lowest BCUT2D eigenvalue weighted by molar-refractivity contribution is 0.00235. The van der Waals surface area contributed by atoms with Gasteiger partial charge in [0.25, 0.3) is 0 Å². The summed E-state index contributed by atoms with van der Waals surface area (Å²) < 4.78 is 3.13. The van der Waals surface area contributed by atoms with Crippen molar-refractivity contribution >= 4 is 15.9 Å². The minimum absolute atomic E-state index is 0.175. The van der Waals surface area contributed by atoms with Crippen molar-refractivity contribution in [1.82, 2.24) is 19.6 Å². The second-order valence-corrected chi connectivity index (χ2v) is 6.75. The summed E-state index contributed by atoms with van der Waals surface area (Å²) in [5.74, 6) is 0. The highest BCUT2D eigenvalue weighted by Crippen LogP contribution is 2.25. The van der Waals surface area contributed by atoms with Crippen LogP contribution in [0.3, 0.4) is 0 Å². The quantitative estimate of drug-likeness (QED) is 0.871. The van der Waals surface area contributed by atoms with Crippen LogP contribution in [0.4, 0.5) is 0 Å². The first-order chi connectivity index (χ1) is 9.60. The van der Waals surface area contributed by atoms with E-state index in [1.165, 1.54) is 31.9 Å². The van der Waals surface area contributed by atoms with Crippen molar-refractivity contribution in [3.63, 3.8) is 0 Å². The van der Waals surface area contributed by atoms with E-state index in [0.29, 0.717) is 6.04 Å². The van der Waals surface area contributed by atoms with Crippen molar-refractivity contribution in [2.75, 3.05) is 32.7 Å². The van der Waals surface area contributed by atoms with Crippen molar-refractivity contribution < 1.29 is 0 Å². The Kier molecular flexibility index (Phi) is 4.17. The molecule has 1 aromatic heterocycles. The zero-order valence-electron chi connectivity index (χ0n) is 12.3. The third-order valence-electron chi connectivity index (χ3n) is 4.75. The van der Waals surface area contributed by atoms with Gasteiger partial charge < -0.3 is 5.73 Å². The molecule has 2 bridgehead atoms. The fourth-order valence-corrected chi connectivity index (χ4v) is 4.24. The van der Waals surface area contributed by atoms with Gasteiger partial charge in [0.15, 0.2) is 0 Å². The molecule has 2 unspecified atom stereocenters. The van der Waals surface area contributed by atoms with Crippen LogP contribution in [0, 0.1) is 0 Å². The lowest BCUT2D eigenvalue weighted by atomic mass is 9.97. The van der Waals surface area contributed by atoms with E-state index in [1.54, 1.807) is 0 Å². The van der Waals surface area contributed by atoms with Gasteiger partial charge in [0.05, 0.1) is 15.9 Å². The van der Waals surface area contributed by atoms with E-state index in [1.807, 2.05) is 11.7 Å². The Labute approximate surface area is 129 Å². The lowest BCUT2D eigenvalue weighted by Gasteiger charge is -2.49. The van der Waals surface area contributed by atoms with Gasteiger partial charge in [-0.05, 0) is 22.4 Å². The first-order valence-electron chi connectivity index (χ1n) is 7.52. The summed E-state index contributed by atoms with van der Waals surface area (Å²) in [4.78, 5) is 5.11. The van der Waals surface area contributed by atoms with Gasteiger partial charge in [-0.3, -0.25) is 14.5 Å². The molecule has 3 saturated heterocycles. The van der Waals surface area contributed by atoms with Gasteiger partial charge in [-0.2, -0.15) is 5.10 Å². The van der Waals surface area contributed by atoms with Crippen molar-refractivity contribution in [2.24, 2.45) is 12.8 Å². The molecule has 5 nitrogen and oxygen atoms in total. The average molecular weight is 342 g/mol. The number of piperazine rings is 3. The monoisotopic (exact) mass is 341 g/mol. The molecule has 3 fully saturated rings. The predicted octanol–water partition coefficient (Wildman–Crippen LogP) is 0.615. The number of hydrogen-bond donors (Lipinski definition) is 1. The van der Waals surface area contributed by atoms with Crippen LogP contribution < -0.4 is 5.73 Å².